The van der Waals surface area contributed by atoms with Gasteiger partial charge >= 0.3 is 0 Å². The second kappa shape index (κ2) is 6.59. The zero-order valence-corrected chi connectivity index (χ0v) is 14.4. The lowest BCUT2D eigenvalue weighted by Gasteiger charge is -2.03. The summed E-state index contributed by atoms with van der Waals surface area (Å²) in [6.07, 6.45) is 2.24. The molecule has 5 heteroatoms. The molecular weight excluding hydrogens is 326 g/mol. The number of hydrogen-bond donors (Lipinski definition) is 2. The zero-order chi connectivity index (χ0) is 18.1. The van der Waals surface area contributed by atoms with Gasteiger partial charge in [-0.2, -0.15) is 5.10 Å². The SMILES string of the molecule is Cc1cccc2cc(/C=N/NC(=O)[C@H]3C[C@@H]3c3ccccc3)c(=O)[nH]c12. The normalized spacial score (nSPS) is 19.0. The molecule has 1 heterocycles. The van der Waals surface area contributed by atoms with Gasteiger partial charge in [-0.05, 0) is 41.8 Å². The summed E-state index contributed by atoms with van der Waals surface area (Å²) < 4.78 is 0. The summed E-state index contributed by atoms with van der Waals surface area (Å²) >= 11 is 0. The predicted molar refractivity (Wildman–Crippen MR) is 102 cm³/mol. The average molecular weight is 345 g/mol. The van der Waals surface area contributed by atoms with E-state index in [-0.39, 0.29) is 23.3 Å². The molecule has 1 aromatic heterocycles. The summed E-state index contributed by atoms with van der Waals surface area (Å²) in [6, 6.07) is 17.6. The monoisotopic (exact) mass is 345 g/mol. The Bertz CT molecular complexity index is 1050. The van der Waals surface area contributed by atoms with Crippen molar-refractivity contribution in [3.63, 3.8) is 0 Å². The number of rotatable bonds is 4. The van der Waals surface area contributed by atoms with Gasteiger partial charge in [0.25, 0.3) is 5.56 Å². The number of aromatic amines is 1. The number of hydrogen-bond acceptors (Lipinski definition) is 3. The van der Waals surface area contributed by atoms with E-state index in [1.165, 1.54) is 11.8 Å². The average Bonchev–Trinajstić information content (AvgIpc) is 3.45. The molecule has 1 aliphatic rings. The summed E-state index contributed by atoms with van der Waals surface area (Å²) in [5.41, 5.74) is 5.76. The minimum absolute atomic E-state index is 0.0490. The molecule has 0 aliphatic heterocycles. The number of nitrogens with zero attached hydrogens (tertiary/aromatic N) is 1. The number of hydrazone groups is 1. The lowest BCUT2D eigenvalue weighted by atomic mass is 10.1. The summed E-state index contributed by atoms with van der Waals surface area (Å²) in [5, 5.41) is 4.91. The van der Waals surface area contributed by atoms with Crippen LogP contribution in [0.4, 0.5) is 0 Å². The number of nitrogens with one attached hydrogen (secondary N) is 2. The molecule has 1 fully saturated rings. The molecule has 0 bridgehead atoms. The molecule has 26 heavy (non-hydrogen) atoms. The Morgan fingerprint density at radius 2 is 2.00 bits per heavy atom. The van der Waals surface area contributed by atoms with Gasteiger partial charge in [0.2, 0.25) is 5.91 Å². The lowest BCUT2D eigenvalue weighted by molar-refractivity contribution is -0.122. The predicted octanol–water partition coefficient (Wildman–Crippen LogP) is 3.09. The van der Waals surface area contributed by atoms with E-state index in [1.807, 2.05) is 55.5 Å². The highest BCUT2D eigenvalue weighted by molar-refractivity contribution is 5.90. The van der Waals surface area contributed by atoms with Crippen molar-refractivity contribution in [3.05, 3.63) is 81.6 Å². The maximum absolute atomic E-state index is 12.2. The van der Waals surface area contributed by atoms with Crippen molar-refractivity contribution >= 4 is 23.0 Å². The van der Waals surface area contributed by atoms with Gasteiger partial charge in [0, 0.05) is 5.92 Å². The van der Waals surface area contributed by atoms with E-state index in [4.69, 9.17) is 0 Å². The highest BCUT2D eigenvalue weighted by atomic mass is 16.2. The Balaban J connectivity index is 1.44. The molecule has 0 radical (unpaired) electrons. The number of amides is 1. The van der Waals surface area contributed by atoms with Crippen molar-refractivity contribution in [1.29, 1.82) is 0 Å². The standard InChI is InChI=1S/C21H19N3O2/c1-13-6-5-9-15-10-16(20(25)23-19(13)15)12-22-24-21(26)18-11-17(18)14-7-3-2-4-8-14/h2-10,12,17-18H,11H2,1H3,(H,23,25)(H,24,26)/b22-12+/t17-,18+/m1/s1. The molecule has 130 valence electrons. The number of para-hydroxylation sites is 1. The molecule has 1 aliphatic carbocycles. The van der Waals surface area contributed by atoms with Gasteiger partial charge in [-0.1, -0.05) is 48.5 Å². The lowest BCUT2D eigenvalue weighted by Crippen LogP contribution is -2.21. The minimum Gasteiger partial charge on any atom is -0.321 e. The van der Waals surface area contributed by atoms with E-state index in [0.29, 0.717) is 5.56 Å². The van der Waals surface area contributed by atoms with Crippen molar-refractivity contribution in [1.82, 2.24) is 10.4 Å². The van der Waals surface area contributed by atoms with E-state index in [2.05, 4.69) is 15.5 Å². The third-order valence-corrected chi connectivity index (χ3v) is 4.85. The van der Waals surface area contributed by atoms with Gasteiger partial charge < -0.3 is 4.98 Å². The van der Waals surface area contributed by atoms with Crippen LogP contribution >= 0.6 is 0 Å². The first-order valence-electron chi connectivity index (χ1n) is 8.64. The van der Waals surface area contributed by atoms with Crippen molar-refractivity contribution in [2.75, 3.05) is 0 Å². The molecule has 2 aromatic carbocycles. The summed E-state index contributed by atoms with van der Waals surface area (Å²) in [7, 11) is 0. The largest absolute Gasteiger partial charge is 0.321 e. The molecule has 2 N–H and O–H groups in total. The van der Waals surface area contributed by atoms with Crippen LogP contribution in [0.5, 0.6) is 0 Å². The Kier molecular flexibility index (Phi) is 4.13. The second-order valence-electron chi connectivity index (χ2n) is 6.69. The van der Waals surface area contributed by atoms with Gasteiger partial charge in [-0.15, -0.1) is 0 Å². The topological polar surface area (TPSA) is 74.3 Å². The smallest absolute Gasteiger partial charge is 0.257 e. The third-order valence-electron chi connectivity index (χ3n) is 4.85. The van der Waals surface area contributed by atoms with Crippen LogP contribution in [-0.2, 0) is 4.79 Å². The number of H-pyrrole nitrogens is 1. The number of carbonyl (C=O) groups excluding carboxylic acids is 1. The van der Waals surface area contributed by atoms with Gasteiger partial charge in [0.15, 0.2) is 0 Å². The van der Waals surface area contributed by atoms with Gasteiger partial charge in [-0.3, -0.25) is 9.59 Å². The van der Waals surface area contributed by atoms with Crippen LogP contribution in [0.25, 0.3) is 10.9 Å². The first kappa shape index (κ1) is 16.3. The minimum atomic E-state index is -0.224. The summed E-state index contributed by atoms with van der Waals surface area (Å²) in [6.45, 7) is 1.95. The summed E-state index contributed by atoms with van der Waals surface area (Å²) in [4.78, 5) is 27.3. The first-order valence-corrected chi connectivity index (χ1v) is 8.64. The number of fused-ring (bicyclic) bond motifs is 1. The van der Waals surface area contributed by atoms with Crippen LogP contribution in [0.1, 0.15) is 29.0 Å². The van der Waals surface area contributed by atoms with Crippen LogP contribution < -0.4 is 11.0 Å². The number of pyridine rings is 1. The van der Waals surface area contributed by atoms with Gasteiger partial charge in [0.05, 0.1) is 17.3 Å². The fraction of sp³-hybridized carbons (Fsp3) is 0.190. The number of benzene rings is 2. The summed E-state index contributed by atoms with van der Waals surface area (Å²) in [5.74, 6) is 0.105. The fourth-order valence-electron chi connectivity index (χ4n) is 3.30. The maximum atomic E-state index is 12.2. The van der Waals surface area contributed by atoms with Gasteiger partial charge in [0.1, 0.15) is 0 Å². The molecular formula is C21H19N3O2. The van der Waals surface area contributed by atoms with Crippen LogP contribution in [-0.4, -0.2) is 17.1 Å². The highest BCUT2D eigenvalue weighted by Crippen LogP contribution is 2.47. The van der Waals surface area contributed by atoms with Crippen LogP contribution in [0.2, 0.25) is 0 Å². The molecule has 4 rings (SSSR count). The van der Waals surface area contributed by atoms with Crippen molar-refractivity contribution in [2.24, 2.45) is 11.0 Å². The number of carbonyl (C=O) groups is 1. The Labute approximate surface area is 150 Å². The highest BCUT2D eigenvalue weighted by Gasteiger charge is 2.43. The Morgan fingerprint density at radius 1 is 1.19 bits per heavy atom. The first-order chi connectivity index (χ1) is 12.6. The van der Waals surface area contributed by atoms with Crippen molar-refractivity contribution in [2.45, 2.75) is 19.3 Å². The Hall–Kier alpha value is -3.21. The molecule has 0 spiro atoms. The second-order valence-corrected chi connectivity index (χ2v) is 6.69. The molecule has 0 saturated heterocycles. The van der Waals surface area contributed by atoms with E-state index >= 15 is 0 Å². The van der Waals surface area contributed by atoms with Crippen LogP contribution in [0, 0.1) is 12.8 Å². The van der Waals surface area contributed by atoms with Crippen molar-refractivity contribution in [3.8, 4) is 0 Å². The molecule has 0 unspecified atom stereocenters. The Morgan fingerprint density at radius 3 is 2.81 bits per heavy atom. The van der Waals surface area contributed by atoms with E-state index < -0.39 is 0 Å². The molecule has 1 saturated carbocycles. The number of aryl methyl sites for hydroxylation is 1. The maximum Gasteiger partial charge on any atom is 0.257 e. The quantitative estimate of drug-likeness (QED) is 0.563. The van der Waals surface area contributed by atoms with Crippen LogP contribution in [0.15, 0.2) is 64.5 Å². The number of aromatic nitrogens is 1. The molecule has 3 aromatic rings. The van der Waals surface area contributed by atoms with E-state index in [1.54, 1.807) is 6.07 Å². The van der Waals surface area contributed by atoms with Crippen LogP contribution in [0.3, 0.4) is 0 Å². The van der Waals surface area contributed by atoms with Crippen molar-refractivity contribution < 1.29 is 4.79 Å². The fourth-order valence-corrected chi connectivity index (χ4v) is 3.30. The molecule has 2 atom stereocenters. The molecule has 5 nitrogen and oxygen atoms in total. The van der Waals surface area contributed by atoms with Gasteiger partial charge in [-0.25, -0.2) is 5.43 Å². The van der Waals surface area contributed by atoms with E-state index in [0.717, 1.165) is 22.9 Å². The van der Waals surface area contributed by atoms with E-state index in [9.17, 15) is 9.59 Å². The zero-order valence-electron chi connectivity index (χ0n) is 14.4. The third kappa shape index (κ3) is 3.16. The molecule has 1 amide bonds.